The maximum absolute atomic E-state index is 14.0. The summed E-state index contributed by atoms with van der Waals surface area (Å²) in [6.45, 7) is 10.6. The highest BCUT2D eigenvalue weighted by Crippen LogP contribution is 2.35. The van der Waals surface area contributed by atoms with Crippen molar-refractivity contribution in [1.82, 2.24) is 25.7 Å². The summed E-state index contributed by atoms with van der Waals surface area (Å²) in [4.78, 5) is 34.4. The van der Waals surface area contributed by atoms with E-state index in [1.54, 1.807) is 30.0 Å². The van der Waals surface area contributed by atoms with Crippen LogP contribution in [0, 0.1) is 12.8 Å². The van der Waals surface area contributed by atoms with E-state index in [2.05, 4.69) is 20.8 Å². The zero-order chi connectivity index (χ0) is 33.9. The van der Waals surface area contributed by atoms with Crippen LogP contribution in [0.5, 0.6) is 11.6 Å². The van der Waals surface area contributed by atoms with Crippen LogP contribution < -0.4 is 20.1 Å². The Morgan fingerprint density at radius 1 is 1.12 bits per heavy atom. The Bertz CT molecular complexity index is 1450. The average molecular weight is 710 g/mol. The summed E-state index contributed by atoms with van der Waals surface area (Å²) in [5, 5.41) is 20.6. The van der Waals surface area contributed by atoms with Gasteiger partial charge in [0.05, 0.1) is 61.8 Å². The van der Waals surface area contributed by atoms with Crippen molar-refractivity contribution in [2.75, 3.05) is 60.3 Å². The number of rotatable bonds is 18. The summed E-state index contributed by atoms with van der Waals surface area (Å²) in [6, 6.07) is 6.16. The molecular weight excluding hydrogens is 662 g/mol. The molecule has 1 fully saturated rings. The van der Waals surface area contributed by atoms with Crippen LogP contribution in [0.2, 0.25) is 0 Å². The molecule has 4 atom stereocenters. The molecule has 3 heterocycles. The van der Waals surface area contributed by atoms with Gasteiger partial charge in [0, 0.05) is 31.1 Å². The molecule has 2 unspecified atom stereocenters. The van der Waals surface area contributed by atoms with Gasteiger partial charge in [0.15, 0.2) is 5.76 Å². The highest BCUT2D eigenvalue weighted by molar-refractivity contribution is 7.13. The van der Waals surface area contributed by atoms with E-state index in [9.17, 15) is 14.7 Å². The number of hydrogen-bond acceptors (Lipinski definition) is 12. The number of hydrogen-bond donors (Lipinski definition) is 3. The highest BCUT2D eigenvalue weighted by atomic mass is 35.5. The number of aryl methyl sites for hydroxylation is 1. The Labute approximate surface area is 292 Å². The second-order valence-corrected chi connectivity index (χ2v) is 12.7. The predicted molar refractivity (Wildman–Crippen MR) is 184 cm³/mol. The number of aliphatic hydroxyl groups is 1. The fourth-order valence-corrected chi connectivity index (χ4v) is 6.39. The number of halogens is 1. The molecule has 0 bridgehead atoms. The van der Waals surface area contributed by atoms with Crippen molar-refractivity contribution in [3.8, 4) is 22.1 Å². The normalized spacial score (nSPS) is 17.2. The first kappa shape index (κ1) is 39.2. The number of aliphatic hydroxyl groups excluding tert-OH is 1. The molecule has 48 heavy (non-hydrogen) atoms. The van der Waals surface area contributed by atoms with Crippen LogP contribution in [0.25, 0.3) is 10.4 Å². The van der Waals surface area contributed by atoms with Crippen LogP contribution in [0.4, 0.5) is 0 Å². The molecule has 2 aromatic heterocycles. The Morgan fingerprint density at radius 2 is 1.85 bits per heavy atom. The molecule has 3 N–H and O–H groups in total. The lowest BCUT2D eigenvalue weighted by molar-refractivity contribution is -0.141. The third-order valence-electron chi connectivity index (χ3n) is 8.02. The summed E-state index contributed by atoms with van der Waals surface area (Å²) < 4.78 is 27.8. The van der Waals surface area contributed by atoms with Crippen molar-refractivity contribution in [2.24, 2.45) is 5.92 Å². The van der Waals surface area contributed by atoms with E-state index >= 15 is 0 Å². The van der Waals surface area contributed by atoms with Crippen molar-refractivity contribution in [1.29, 1.82) is 0 Å². The first-order valence-electron chi connectivity index (χ1n) is 15.9. The number of nitrogens with one attached hydrogen (secondary N) is 2. The smallest absolute Gasteiger partial charge is 0.254 e. The number of carbonyl (C=O) groups is 2. The van der Waals surface area contributed by atoms with Crippen LogP contribution >= 0.6 is 23.7 Å². The number of likely N-dealkylation sites (tertiary alicyclic amines) is 1. The van der Waals surface area contributed by atoms with Gasteiger partial charge in [0.2, 0.25) is 11.8 Å². The van der Waals surface area contributed by atoms with Gasteiger partial charge >= 0.3 is 0 Å². The molecule has 13 nitrogen and oxygen atoms in total. The van der Waals surface area contributed by atoms with E-state index in [0.29, 0.717) is 37.9 Å². The van der Waals surface area contributed by atoms with E-state index in [1.807, 2.05) is 52.9 Å². The highest BCUT2D eigenvalue weighted by Gasteiger charge is 2.43. The third kappa shape index (κ3) is 10.1. The summed E-state index contributed by atoms with van der Waals surface area (Å²) >= 11 is 1.55. The zero-order valence-electron chi connectivity index (χ0n) is 28.4. The minimum Gasteiger partial charge on any atom is -0.496 e. The third-order valence-corrected chi connectivity index (χ3v) is 9.00. The summed E-state index contributed by atoms with van der Waals surface area (Å²) in [6.07, 6.45) is -0.710. The number of aromatic nitrogens is 2. The van der Waals surface area contributed by atoms with E-state index in [0.717, 1.165) is 28.2 Å². The molecule has 266 valence electrons. The van der Waals surface area contributed by atoms with Crippen LogP contribution in [0.15, 0.2) is 34.3 Å². The van der Waals surface area contributed by atoms with E-state index < -0.39 is 24.1 Å². The second kappa shape index (κ2) is 19.1. The Hall–Kier alpha value is -3.27. The molecule has 0 aliphatic carbocycles. The first-order chi connectivity index (χ1) is 22.6. The topological polar surface area (TPSA) is 158 Å². The quantitative estimate of drug-likeness (QED) is 0.165. The number of β-amino-alcohol motifs (C(OH)–C–C–N with tert-alkyl or cyclic N) is 1. The fourth-order valence-electron chi connectivity index (χ4n) is 5.58. The van der Waals surface area contributed by atoms with E-state index in [1.165, 1.54) is 4.90 Å². The summed E-state index contributed by atoms with van der Waals surface area (Å²) in [5.74, 6) is -0.395. The molecule has 4 rings (SSSR count). The van der Waals surface area contributed by atoms with Crippen LogP contribution in [0.1, 0.15) is 56.2 Å². The van der Waals surface area contributed by atoms with Gasteiger partial charge in [0.25, 0.3) is 5.88 Å². The molecule has 1 aromatic carbocycles. The molecule has 15 heteroatoms. The van der Waals surface area contributed by atoms with Crippen LogP contribution in [0.3, 0.4) is 0 Å². The molecule has 0 spiro atoms. The van der Waals surface area contributed by atoms with Crippen molar-refractivity contribution in [3.63, 3.8) is 0 Å². The van der Waals surface area contributed by atoms with Gasteiger partial charge in [-0.3, -0.25) is 9.59 Å². The van der Waals surface area contributed by atoms with Gasteiger partial charge in [-0.2, -0.15) is 0 Å². The zero-order valence-corrected chi connectivity index (χ0v) is 30.0. The Kier molecular flexibility index (Phi) is 15.6. The molecule has 0 radical (unpaired) electrons. The number of methoxy groups -OCH3 is 1. The Morgan fingerprint density at radius 3 is 2.52 bits per heavy atom. The minimum atomic E-state index is -0.857. The van der Waals surface area contributed by atoms with Crippen molar-refractivity contribution < 1.29 is 38.2 Å². The summed E-state index contributed by atoms with van der Waals surface area (Å²) in [5.41, 5.74) is 4.52. The van der Waals surface area contributed by atoms with Gasteiger partial charge < -0.3 is 44.1 Å². The molecule has 2 amide bonds. The number of likely N-dealkylation sites (N-methyl/N-ethyl adjacent to an activating group) is 1. The number of ether oxygens (including phenoxy) is 4. The van der Waals surface area contributed by atoms with E-state index in [4.69, 9.17) is 23.5 Å². The fraction of sp³-hybridized carbons (Fsp3) is 0.576. The lowest BCUT2D eigenvalue weighted by Crippen LogP contribution is -2.48. The summed E-state index contributed by atoms with van der Waals surface area (Å²) in [7, 11) is 3.46. The monoisotopic (exact) mass is 709 g/mol. The molecule has 1 aliphatic heterocycles. The van der Waals surface area contributed by atoms with Gasteiger partial charge in [-0.05, 0) is 43.6 Å². The van der Waals surface area contributed by atoms with Gasteiger partial charge in [0.1, 0.15) is 24.3 Å². The van der Waals surface area contributed by atoms with Gasteiger partial charge in [-0.25, -0.2) is 4.98 Å². The molecular formula is C33H48ClN5O8S. The largest absolute Gasteiger partial charge is 0.496 e. The predicted octanol–water partition coefficient (Wildman–Crippen LogP) is 3.75. The molecule has 3 aromatic rings. The lowest BCUT2D eigenvalue weighted by Gasteiger charge is -2.29. The average Bonchev–Trinajstić information content (AvgIpc) is 3.79. The number of nitrogens with zero attached hydrogens (tertiary/aromatic N) is 3. The minimum absolute atomic E-state index is 0. The van der Waals surface area contributed by atoms with Crippen molar-refractivity contribution in [3.05, 3.63) is 46.8 Å². The van der Waals surface area contributed by atoms with Gasteiger partial charge in [-0.15, -0.1) is 23.7 Å². The number of thiazole rings is 1. The first-order valence-corrected chi connectivity index (χ1v) is 16.8. The van der Waals surface area contributed by atoms with E-state index in [-0.39, 0.29) is 55.6 Å². The number of amides is 2. The molecule has 1 aliphatic rings. The number of benzene rings is 1. The SMILES string of the molecule is CNCCOCCOCCOc1cc(C(C(=O)N2C[C@H](O)C[C@H]2C(=O)NC(C)c2ccc(-c3scnc3C)cc2OC)C(C)C)on1.Cl. The van der Waals surface area contributed by atoms with Crippen molar-refractivity contribution in [2.45, 2.75) is 58.2 Å². The number of carbonyl (C=O) groups excluding carboxylic acids is 2. The standard InChI is InChI=1S/C33H47N5O8S.ClH/c1-20(2)30(28-17-29(37-46-28)45-14-13-44-12-11-43-10-9-34-5)33(41)38-18-24(39)16-26(38)32(40)36-21(3)25-8-7-23(15-27(25)42-6)31-22(4)35-19-47-31;/h7-8,15,17,19-21,24,26,30,34,39H,9-14,16,18H2,1-6H3,(H,36,40);1H/t21?,24-,26+,30?;/m1./s1. The maximum atomic E-state index is 14.0. The lowest BCUT2D eigenvalue weighted by atomic mass is 9.91. The van der Waals surface area contributed by atoms with Crippen LogP contribution in [-0.4, -0.2) is 104 Å². The maximum Gasteiger partial charge on any atom is 0.254 e. The molecule has 0 saturated carbocycles. The van der Waals surface area contributed by atoms with Crippen LogP contribution in [-0.2, 0) is 19.1 Å². The Balaban J connectivity index is 0.00000625. The second-order valence-electron chi connectivity index (χ2n) is 11.8. The van der Waals surface area contributed by atoms with Gasteiger partial charge in [-0.1, -0.05) is 26.0 Å². The van der Waals surface area contributed by atoms with Crippen molar-refractivity contribution >= 4 is 35.6 Å². The molecule has 1 saturated heterocycles.